The Bertz CT molecular complexity index is 430. The van der Waals surface area contributed by atoms with Crippen LogP contribution in [0.15, 0.2) is 0 Å². The van der Waals surface area contributed by atoms with E-state index in [9.17, 15) is 14.4 Å². The maximum absolute atomic E-state index is 12.6. The van der Waals surface area contributed by atoms with Gasteiger partial charge in [0.25, 0.3) is 0 Å². The van der Waals surface area contributed by atoms with Crippen LogP contribution in [0.4, 0.5) is 0 Å². The van der Waals surface area contributed by atoms with Gasteiger partial charge in [-0.3, -0.25) is 14.4 Å². The van der Waals surface area contributed by atoms with Gasteiger partial charge < -0.3 is 14.5 Å². The molecule has 24 heavy (non-hydrogen) atoms. The van der Waals surface area contributed by atoms with Crippen LogP contribution in [0.1, 0.15) is 47.5 Å². The van der Waals surface area contributed by atoms with Crippen molar-refractivity contribution in [3.05, 3.63) is 0 Å². The molecule has 138 valence electrons. The van der Waals surface area contributed by atoms with Gasteiger partial charge in [0.1, 0.15) is 0 Å². The number of esters is 1. The monoisotopic (exact) mass is 340 g/mol. The fourth-order valence-electron chi connectivity index (χ4n) is 2.97. The van der Waals surface area contributed by atoms with Crippen molar-refractivity contribution < 1.29 is 19.1 Å². The Balaban J connectivity index is 2.62. The number of amides is 2. The first-order valence-corrected chi connectivity index (χ1v) is 9.01. The van der Waals surface area contributed by atoms with Crippen molar-refractivity contribution >= 4 is 17.8 Å². The second kappa shape index (κ2) is 9.64. The van der Waals surface area contributed by atoms with Gasteiger partial charge in [0.15, 0.2) is 0 Å². The number of carbonyl (C=O) groups excluding carboxylic acids is 3. The highest BCUT2D eigenvalue weighted by atomic mass is 16.5. The minimum Gasteiger partial charge on any atom is -0.466 e. The third-order valence-electron chi connectivity index (χ3n) is 4.04. The van der Waals surface area contributed by atoms with E-state index in [1.165, 1.54) is 0 Å². The van der Waals surface area contributed by atoms with E-state index >= 15 is 0 Å². The highest BCUT2D eigenvalue weighted by molar-refractivity contribution is 6.34. The van der Waals surface area contributed by atoms with Crippen LogP contribution in [0.3, 0.4) is 0 Å². The van der Waals surface area contributed by atoms with Crippen molar-refractivity contribution in [2.45, 2.75) is 47.5 Å². The van der Waals surface area contributed by atoms with E-state index in [2.05, 4.69) is 0 Å². The van der Waals surface area contributed by atoms with E-state index < -0.39 is 11.8 Å². The summed E-state index contributed by atoms with van der Waals surface area (Å²) in [5.74, 6) is -0.598. The van der Waals surface area contributed by atoms with Crippen LogP contribution >= 0.6 is 0 Å². The summed E-state index contributed by atoms with van der Waals surface area (Å²) in [4.78, 5) is 40.1. The molecule has 0 bridgehead atoms. The lowest BCUT2D eigenvalue weighted by Crippen LogP contribution is -2.50. The SMILES string of the molecule is CCOC(=O)C1CCN(C(=O)C(=O)N(CC(C)C)CC(C)C)CC1. The van der Waals surface area contributed by atoms with Gasteiger partial charge >= 0.3 is 17.8 Å². The van der Waals surface area contributed by atoms with Gasteiger partial charge in [0.05, 0.1) is 12.5 Å². The highest BCUT2D eigenvalue weighted by Gasteiger charge is 2.33. The van der Waals surface area contributed by atoms with Crippen molar-refractivity contribution in [1.29, 1.82) is 0 Å². The zero-order valence-corrected chi connectivity index (χ0v) is 15.7. The highest BCUT2D eigenvalue weighted by Crippen LogP contribution is 2.19. The zero-order valence-electron chi connectivity index (χ0n) is 15.7. The molecule has 0 radical (unpaired) electrons. The topological polar surface area (TPSA) is 66.9 Å². The van der Waals surface area contributed by atoms with E-state index in [0.29, 0.717) is 57.5 Å². The number of piperidine rings is 1. The molecule has 6 heteroatoms. The summed E-state index contributed by atoms with van der Waals surface area (Å²) >= 11 is 0. The largest absolute Gasteiger partial charge is 0.466 e. The zero-order chi connectivity index (χ0) is 18.3. The molecule has 6 nitrogen and oxygen atoms in total. The fourth-order valence-corrected chi connectivity index (χ4v) is 2.97. The molecule has 0 aliphatic carbocycles. The second-order valence-corrected chi connectivity index (χ2v) is 7.32. The maximum atomic E-state index is 12.6. The smallest absolute Gasteiger partial charge is 0.312 e. The molecule has 2 amide bonds. The lowest BCUT2D eigenvalue weighted by molar-refractivity contribution is -0.155. The van der Waals surface area contributed by atoms with Crippen molar-refractivity contribution in [3.8, 4) is 0 Å². The molecule has 0 atom stereocenters. The molecule has 0 N–H and O–H groups in total. The van der Waals surface area contributed by atoms with Crippen molar-refractivity contribution in [1.82, 2.24) is 9.80 Å². The average molecular weight is 340 g/mol. The van der Waals surface area contributed by atoms with Crippen molar-refractivity contribution in [3.63, 3.8) is 0 Å². The predicted octanol–water partition coefficient (Wildman–Crippen LogP) is 1.93. The van der Waals surface area contributed by atoms with E-state index in [4.69, 9.17) is 4.74 Å². The van der Waals surface area contributed by atoms with Gasteiger partial charge in [-0.2, -0.15) is 0 Å². The second-order valence-electron chi connectivity index (χ2n) is 7.32. The van der Waals surface area contributed by atoms with E-state index in [-0.39, 0.29) is 11.9 Å². The van der Waals surface area contributed by atoms with Crippen LogP contribution < -0.4 is 0 Å². The summed E-state index contributed by atoms with van der Waals surface area (Å²) in [7, 11) is 0. The Morgan fingerprint density at radius 2 is 1.54 bits per heavy atom. The molecule has 1 aliphatic heterocycles. The number of ether oxygens (including phenoxy) is 1. The number of likely N-dealkylation sites (tertiary alicyclic amines) is 1. The van der Waals surface area contributed by atoms with Gasteiger partial charge in [-0.15, -0.1) is 0 Å². The third-order valence-corrected chi connectivity index (χ3v) is 4.04. The predicted molar refractivity (Wildman–Crippen MR) is 92.2 cm³/mol. The first-order valence-electron chi connectivity index (χ1n) is 9.01. The standard InChI is InChI=1S/C18H32N2O4/c1-6-24-18(23)15-7-9-19(10-8-15)16(21)17(22)20(11-13(2)3)12-14(4)5/h13-15H,6-12H2,1-5H3. The van der Waals surface area contributed by atoms with Crippen molar-refractivity contribution in [2.75, 3.05) is 32.8 Å². The first-order chi connectivity index (χ1) is 11.3. The molecular formula is C18H32N2O4. The number of hydrogen-bond acceptors (Lipinski definition) is 4. The number of rotatable bonds is 6. The fraction of sp³-hybridized carbons (Fsp3) is 0.833. The summed E-state index contributed by atoms with van der Waals surface area (Å²) in [5.41, 5.74) is 0. The van der Waals surface area contributed by atoms with E-state index in [1.807, 2.05) is 27.7 Å². The van der Waals surface area contributed by atoms with Gasteiger partial charge in [0, 0.05) is 26.2 Å². The van der Waals surface area contributed by atoms with Crippen LogP contribution in [0.5, 0.6) is 0 Å². The van der Waals surface area contributed by atoms with Crippen molar-refractivity contribution in [2.24, 2.45) is 17.8 Å². The van der Waals surface area contributed by atoms with E-state index in [1.54, 1.807) is 16.7 Å². The Hall–Kier alpha value is -1.59. The van der Waals surface area contributed by atoms with Gasteiger partial charge in [-0.1, -0.05) is 27.7 Å². The average Bonchev–Trinajstić information content (AvgIpc) is 2.52. The summed E-state index contributed by atoms with van der Waals surface area (Å²) in [6.45, 7) is 12.3. The molecule has 1 fully saturated rings. The van der Waals surface area contributed by atoms with Gasteiger partial charge in [0.2, 0.25) is 0 Å². The molecule has 0 saturated carbocycles. The summed E-state index contributed by atoms with van der Waals surface area (Å²) in [6.07, 6.45) is 1.12. The van der Waals surface area contributed by atoms with Gasteiger partial charge in [-0.05, 0) is 31.6 Å². The quantitative estimate of drug-likeness (QED) is 0.547. The Kier molecular flexibility index (Phi) is 8.22. The normalized spacial score (nSPS) is 15.7. The van der Waals surface area contributed by atoms with E-state index in [0.717, 1.165) is 0 Å². The van der Waals surface area contributed by atoms with Crippen LogP contribution in [0, 0.1) is 17.8 Å². The van der Waals surface area contributed by atoms with Crippen LogP contribution in [0.2, 0.25) is 0 Å². The molecular weight excluding hydrogens is 308 g/mol. The third kappa shape index (κ3) is 6.13. The lowest BCUT2D eigenvalue weighted by Gasteiger charge is -2.33. The molecule has 0 aromatic carbocycles. The molecule has 1 aliphatic rings. The summed E-state index contributed by atoms with van der Waals surface area (Å²) in [6, 6.07) is 0. The van der Waals surface area contributed by atoms with Gasteiger partial charge in [-0.25, -0.2) is 0 Å². The molecule has 1 heterocycles. The Labute approximate surface area is 145 Å². The molecule has 1 saturated heterocycles. The number of carbonyl (C=O) groups is 3. The van der Waals surface area contributed by atoms with Crippen LogP contribution in [-0.2, 0) is 19.1 Å². The molecule has 0 aromatic rings. The molecule has 0 aromatic heterocycles. The molecule has 0 unspecified atom stereocenters. The first kappa shape index (κ1) is 20.5. The van der Waals surface area contributed by atoms with Crippen LogP contribution in [0.25, 0.3) is 0 Å². The number of hydrogen-bond donors (Lipinski definition) is 0. The minimum absolute atomic E-state index is 0.161. The summed E-state index contributed by atoms with van der Waals surface area (Å²) < 4.78 is 5.03. The minimum atomic E-state index is -0.446. The Morgan fingerprint density at radius 3 is 1.96 bits per heavy atom. The molecule has 1 rings (SSSR count). The molecule has 0 spiro atoms. The number of nitrogens with zero attached hydrogens (tertiary/aromatic N) is 2. The Morgan fingerprint density at radius 1 is 1.04 bits per heavy atom. The van der Waals surface area contributed by atoms with Crippen LogP contribution in [-0.4, -0.2) is 60.4 Å². The maximum Gasteiger partial charge on any atom is 0.312 e. The lowest BCUT2D eigenvalue weighted by atomic mass is 9.97. The summed E-state index contributed by atoms with van der Waals surface area (Å²) in [5, 5.41) is 0.